The third-order valence-electron chi connectivity index (χ3n) is 6.03. The molecule has 0 spiro atoms. The van der Waals surface area contributed by atoms with Crippen LogP contribution in [-0.4, -0.2) is 0 Å². The highest BCUT2D eigenvalue weighted by molar-refractivity contribution is 5.95. The van der Waals surface area contributed by atoms with E-state index in [4.69, 9.17) is 0 Å². The van der Waals surface area contributed by atoms with Gasteiger partial charge in [0.2, 0.25) is 0 Å². The van der Waals surface area contributed by atoms with Gasteiger partial charge in [-0.15, -0.1) is 0 Å². The van der Waals surface area contributed by atoms with Crippen molar-refractivity contribution < 1.29 is 0 Å². The van der Waals surface area contributed by atoms with Crippen LogP contribution in [0, 0.1) is 13.8 Å². The van der Waals surface area contributed by atoms with Crippen molar-refractivity contribution in [3.63, 3.8) is 0 Å². The number of fused-ring (bicyclic) bond motifs is 1. The van der Waals surface area contributed by atoms with Crippen LogP contribution in [0.4, 0.5) is 0 Å². The Balaban J connectivity index is 2.21. The topological polar surface area (TPSA) is 0 Å². The zero-order chi connectivity index (χ0) is 20.6. The SMILES string of the molecule is C=CC=C1C(=C(C)C)c2ccccc2C1(c1ccc(C)cc1)c1ccc(C)cc1. The van der Waals surface area contributed by atoms with Crippen LogP contribution in [0.15, 0.2) is 103 Å². The molecule has 1 aliphatic rings. The largest absolute Gasteiger partial charge is 0.0991 e. The fourth-order valence-corrected chi connectivity index (χ4v) is 4.77. The van der Waals surface area contributed by atoms with Crippen LogP contribution < -0.4 is 0 Å². The Hall–Kier alpha value is -3.12. The number of hydrogen-bond acceptors (Lipinski definition) is 0. The van der Waals surface area contributed by atoms with Crippen LogP contribution in [0.1, 0.15) is 47.2 Å². The second-order valence-electron chi connectivity index (χ2n) is 8.22. The van der Waals surface area contributed by atoms with E-state index in [-0.39, 0.29) is 5.41 Å². The van der Waals surface area contributed by atoms with Gasteiger partial charge in [0, 0.05) is 0 Å². The van der Waals surface area contributed by atoms with Crippen molar-refractivity contribution >= 4 is 5.57 Å². The minimum Gasteiger partial charge on any atom is -0.0991 e. The van der Waals surface area contributed by atoms with Crippen molar-refractivity contribution in [3.8, 4) is 0 Å². The van der Waals surface area contributed by atoms with Gasteiger partial charge >= 0.3 is 0 Å². The fraction of sp³-hybridized carbons (Fsp3) is 0.172. The van der Waals surface area contributed by atoms with Gasteiger partial charge in [0.1, 0.15) is 0 Å². The van der Waals surface area contributed by atoms with Crippen molar-refractivity contribution in [2.75, 3.05) is 0 Å². The van der Waals surface area contributed by atoms with E-state index in [9.17, 15) is 0 Å². The molecule has 3 aromatic rings. The summed E-state index contributed by atoms with van der Waals surface area (Å²) in [6, 6.07) is 26.9. The molecule has 3 aromatic carbocycles. The van der Waals surface area contributed by atoms with Crippen LogP contribution in [-0.2, 0) is 5.41 Å². The average Bonchev–Trinajstić information content (AvgIpc) is 3.00. The summed E-state index contributed by atoms with van der Waals surface area (Å²) in [7, 11) is 0. The van der Waals surface area contributed by atoms with Crippen molar-refractivity contribution in [2.45, 2.75) is 33.1 Å². The monoisotopic (exact) mass is 376 g/mol. The summed E-state index contributed by atoms with van der Waals surface area (Å²) in [5, 5.41) is 0. The van der Waals surface area contributed by atoms with Crippen LogP contribution >= 0.6 is 0 Å². The second-order valence-corrected chi connectivity index (χ2v) is 8.22. The van der Waals surface area contributed by atoms with Crippen LogP contribution in [0.25, 0.3) is 5.57 Å². The molecule has 0 atom stereocenters. The molecule has 0 saturated carbocycles. The first-order chi connectivity index (χ1) is 14.0. The number of benzene rings is 3. The normalized spacial score (nSPS) is 16.0. The summed E-state index contributed by atoms with van der Waals surface area (Å²) >= 11 is 0. The van der Waals surface area contributed by atoms with Gasteiger partial charge in [-0.05, 0) is 61.1 Å². The molecule has 0 N–H and O–H groups in total. The van der Waals surface area contributed by atoms with Gasteiger partial charge in [-0.1, -0.05) is 108 Å². The van der Waals surface area contributed by atoms with Gasteiger partial charge in [0.15, 0.2) is 0 Å². The van der Waals surface area contributed by atoms with Gasteiger partial charge in [-0.3, -0.25) is 0 Å². The lowest BCUT2D eigenvalue weighted by atomic mass is 9.67. The molecule has 0 heteroatoms. The Bertz CT molecular complexity index is 1070. The maximum Gasteiger partial charge on any atom is 0.0713 e. The van der Waals surface area contributed by atoms with E-state index in [0.717, 1.165) is 0 Å². The second kappa shape index (κ2) is 7.37. The molecule has 0 saturated heterocycles. The lowest BCUT2D eigenvalue weighted by Crippen LogP contribution is -2.28. The van der Waals surface area contributed by atoms with E-state index in [1.807, 2.05) is 6.08 Å². The van der Waals surface area contributed by atoms with Gasteiger partial charge in [0.25, 0.3) is 0 Å². The highest BCUT2D eigenvalue weighted by atomic mass is 14.5. The quantitative estimate of drug-likeness (QED) is 0.442. The molecule has 0 unspecified atom stereocenters. The molecule has 0 amide bonds. The molecule has 0 radical (unpaired) electrons. The Labute approximate surface area is 174 Å². The van der Waals surface area contributed by atoms with E-state index >= 15 is 0 Å². The molecule has 0 aromatic heterocycles. The predicted octanol–water partition coefficient (Wildman–Crippen LogP) is 7.56. The van der Waals surface area contributed by atoms with Gasteiger partial charge in [0.05, 0.1) is 5.41 Å². The smallest absolute Gasteiger partial charge is 0.0713 e. The van der Waals surface area contributed by atoms with Crippen molar-refractivity contribution in [1.82, 2.24) is 0 Å². The number of aryl methyl sites for hydroxylation is 2. The average molecular weight is 377 g/mol. The fourth-order valence-electron chi connectivity index (χ4n) is 4.77. The van der Waals surface area contributed by atoms with Crippen LogP contribution in [0.2, 0.25) is 0 Å². The maximum absolute atomic E-state index is 4.06. The molecular weight excluding hydrogens is 348 g/mol. The third-order valence-corrected chi connectivity index (χ3v) is 6.03. The van der Waals surface area contributed by atoms with E-state index < -0.39 is 0 Å². The van der Waals surface area contributed by atoms with Crippen LogP contribution in [0.5, 0.6) is 0 Å². The maximum atomic E-state index is 4.06. The van der Waals surface area contributed by atoms with Crippen molar-refractivity contribution in [2.24, 2.45) is 0 Å². The van der Waals surface area contributed by atoms with E-state index in [1.54, 1.807) is 0 Å². The zero-order valence-electron chi connectivity index (χ0n) is 17.8. The Morgan fingerprint density at radius 3 is 1.76 bits per heavy atom. The Kier molecular flexibility index (Phi) is 4.88. The summed E-state index contributed by atoms with van der Waals surface area (Å²) in [4.78, 5) is 0. The summed E-state index contributed by atoms with van der Waals surface area (Å²) < 4.78 is 0. The summed E-state index contributed by atoms with van der Waals surface area (Å²) in [6.45, 7) is 12.8. The lowest BCUT2D eigenvalue weighted by molar-refractivity contribution is 0.768. The molecule has 0 aliphatic heterocycles. The van der Waals surface area contributed by atoms with E-state index in [2.05, 4.69) is 113 Å². The molecule has 4 rings (SSSR count). The van der Waals surface area contributed by atoms with Gasteiger partial charge in [-0.25, -0.2) is 0 Å². The molecule has 0 nitrogen and oxygen atoms in total. The number of rotatable bonds is 3. The molecule has 0 fully saturated rings. The Morgan fingerprint density at radius 2 is 1.28 bits per heavy atom. The first-order valence-electron chi connectivity index (χ1n) is 10.3. The molecule has 0 bridgehead atoms. The highest BCUT2D eigenvalue weighted by Gasteiger charge is 2.48. The first kappa shape index (κ1) is 19.2. The molecular formula is C29H28. The molecule has 29 heavy (non-hydrogen) atoms. The van der Waals surface area contributed by atoms with Crippen molar-refractivity contribution in [1.29, 1.82) is 0 Å². The minimum absolute atomic E-state index is 0.348. The molecule has 1 aliphatic carbocycles. The zero-order valence-corrected chi connectivity index (χ0v) is 17.8. The Morgan fingerprint density at radius 1 is 0.759 bits per heavy atom. The van der Waals surface area contributed by atoms with E-state index in [1.165, 1.54) is 50.1 Å². The van der Waals surface area contributed by atoms with Gasteiger partial charge < -0.3 is 0 Å². The van der Waals surface area contributed by atoms with Crippen LogP contribution in [0.3, 0.4) is 0 Å². The predicted molar refractivity (Wildman–Crippen MR) is 125 cm³/mol. The molecule has 0 heterocycles. The first-order valence-corrected chi connectivity index (χ1v) is 10.3. The standard InChI is InChI=1S/C29H28/c1-6-9-27-28(20(2)3)25-10-7-8-11-26(25)29(27,23-16-12-21(4)13-17-23)24-18-14-22(5)15-19-24/h6-19H,1H2,2-5H3. The highest BCUT2D eigenvalue weighted by Crippen LogP contribution is 2.57. The number of hydrogen-bond donors (Lipinski definition) is 0. The third kappa shape index (κ3) is 2.91. The van der Waals surface area contributed by atoms with Crippen molar-refractivity contribution in [3.05, 3.63) is 136 Å². The van der Waals surface area contributed by atoms with E-state index in [0.29, 0.717) is 0 Å². The molecule has 144 valence electrons. The summed E-state index contributed by atoms with van der Waals surface area (Å²) in [5.41, 5.74) is 11.4. The van der Waals surface area contributed by atoms with Gasteiger partial charge in [-0.2, -0.15) is 0 Å². The lowest BCUT2D eigenvalue weighted by Gasteiger charge is -2.34. The summed E-state index contributed by atoms with van der Waals surface area (Å²) in [5.74, 6) is 0. The number of allylic oxidation sites excluding steroid dienone is 5. The minimum atomic E-state index is -0.348. The summed E-state index contributed by atoms with van der Waals surface area (Å²) in [6.07, 6.45) is 4.14.